The summed E-state index contributed by atoms with van der Waals surface area (Å²) in [4.78, 5) is 0. The van der Waals surface area contributed by atoms with Crippen molar-refractivity contribution in [3.05, 3.63) is 0 Å². The van der Waals surface area contributed by atoms with Gasteiger partial charge in [-0.15, -0.1) is 0 Å². The van der Waals surface area contributed by atoms with Gasteiger partial charge in [-0.2, -0.15) is 47.0 Å². The molecule has 0 heterocycles. The summed E-state index contributed by atoms with van der Waals surface area (Å²) in [6.45, 7) is 3.34. The molecule has 0 saturated heterocycles. The highest BCUT2D eigenvalue weighted by molar-refractivity contribution is 7.99. The zero-order valence-corrected chi connectivity index (χ0v) is 33.8. The van der Waals surface area contributed by atoms with Gasteiger partial charge in [0.15, 0.2) is 0 Å². The molecular formula is C32H70Cl2N4O4S4. The molecule has 0 spiro atoms. The summed E-state index contributed by atoms with van der Waals surface area (Å²) in [5.41, 5.74) is 18.5. The average Bonchev–Trinajstić information content (AvgIpc) is 3.78. The van der Waals surface area contributed by atoms with Gasteiger partial charge in [-0.1, -0.05) is 0 Å². The number of aliphatic hydroxyl groups is 4. The van der Waals surface area contributed by atoms with Crippen LogP contribution >= 0.6 is 47.0 Å². The Bertz CT molecular complexity index is 607. The topological polar surface area (TPSA) is 188 Å². The van der Waals surface area contributed by atoms with E-state index < -0.39 is 0 Å². The van der Waals surface area contributed by atoms with E-state index in [9.17, 15) is 20.4 Å². The smallest absolute Gasteiger partial charge is 0.0743 e. The van der Waals surface area contributed by atoms with Gasteiger partial charge in [0.25, 0.3) is 0 Å². The molecular weight excluding hydrogens is 704 g/mol. The summed E-state index contributed by atoms with van der Waals surface area (Å²) in [5.74, 6) is 2.00. The lowest BCUT2D eigenvalue weighted by atomic mass is 10.0. The number of aliphatic hydroxyl groups excluding tert-OH is 4. The first kappa shape index (κ1) is 49.8. The Hall–Kier alpha value is 1.66. The summed E-state index contributed by atoms with van der Waals surface area (Å²) in [6.07, 6.45) is 21.5. The Morgan fingerprint density at radius 1 is 0.457 bits per heavy atom. The Labute approximate surface area is 310 Å². The van der Waals surface area contributed by atoms with E-state index in [1.54, 1.807) is 47.0 Å². The van der Waals surface area contributed by atoms with Crippen LogP contribution in [0.3, 0.4) is 0 Å². The number of hydrogen-bond donors (Lipinski definition) is 8. The molecule has 4 aliphatic carbocycles. The van der Waals surface area contributed by atoms with Crippen molar-refractivity contribution in [2.45, 2.75) is 122 Å². The Morgan fingerprint density at radius 2 is 0.674 bits per heavy atom. The second-order valence-electron chi connectivity index (χ2n) is 12.8. The largest absolute Gasteiger partial charge is 1.00 e. The maximum atomic E-state index is 9.73. The van der Waals surface area contributed by atoms with Gasteiger partial charge >= 0.3 is 0 Å². The highest BCUT2D eigenvalue weighted by Crippen LogP contribution is 2.37. The molecule has 0 aromatic rings. The molecule has 14 N–H and O–H groups in total. The van der Waals surface area contributed by atoms with Crippen LogP contribution < -0.4 is 47.7 Å². The van der Waals surface area contributed by atoms with Crippen LogP contribution in [-0.4, -0.2) is 117 Å². The number of hydrogen-bond acceptors (Lipinski definition) is 10. The molecule has 280 valence electrons. The standard InChI is InChI=1S/4C8H17NOS.2ClH/c4*1-11-7-3-2-6(4-5-9)8(7)10;;/h4*6-8,10H,2-5,9H2,1H3;2*1H/t4*6-,7+,8+;;/m1100../s1. The number of rotatable bonds is 12. The number of nitrogens with two attached hydrogens (primary N) is 2. The summed E-state index contributed by atoms with van der Waals surface area (Å²) in [7, 11) is 0. The predicted octanol–water partition coefficient (Wildman–Crippen LogP) is -4.07. The molecule has 0 unspecified atom stereocenters. The summed E-state index contributed by atoms with van der Waals surface area (Å²) >= 11 is 7.16. The van der Waals surface area contributed by atoms with E-state index in [1.807, 2.05) is 0 Å². The molecule has 4 aliphatic rings. The van der Waals surface area contributed by atoms with Gasteiger partial charge in [-0.25, -0.2) is 0 Å². The van der Waals surface area contributed by atoms with Crippen LogP contribution in [0.25, 0.3) is 0 Å². The van der Waals surface area contributed by atoms with Crippen molar-refractivity contribution in [2.24, 2.45) is 35.1 Å². The van der Waals surface area contributed by atoms with E-state index in [4.69, 9.17) is 11.5 Å². The van der Waals surface area contributed by atoms with E-state index >= 15 is 0 Å². The van der Waals surface area contributed by atoms with Crippen LogP contribution in [0.5, 0.6) is 0 Å². The van der Waals surface area contributed by atoms with Crippen LogP contribution in [0.4, 0.5) is 0 Å². The van der Waals surface area contributed by atoms with E-state index in [0.29, 0.717) is 57.8 Å². The van der Waals surface area contributed by atoms with Gasteiger partial charge in [-0.05, 0) is 126 Å². The second-order valence-corrected chi connectivity index (χ2v) is 17.2. The SMILES string of the molecule is CS[C@@H]1CC[C@@H](CCN)[C@H]1O.CS[C@@H]1CC[C@@H](CC[NH3+])[C@H]1O.CS[C@H]1CC[C@H](CCN)[C@@H]1O.CS[C@H]1CC[C@H](CC[NH3+])[C@@H]1O.[Cl-].[Cl-]. The monoisotopic (exact) mass is 772 g/mol. The second kappa shape index (κ2) is 29.3. The molecule has 0 amide bonds. The summed E-state index contributed by atoms with van der Waals surface area (Å²) < 4.78 is 0. The number of thioether (sulfide) groups is 4. The molecule has 0 radical (unpaired) electrons. The molecule has 0 aliphatic heterocycles. The molecule has 12 atom stereocenters. The van der Waals surface area contributed by atoms with Crippen LogP contribution in [-0.2, 0) is 0 Å². The molecule has 0 bridgehead atoms. The first-order valence-corrected chi connectivity index (χ1v) is 22.1. The molecule has 14 heteroatoms. The molecule has 0 aromatic heterocycles. The lowest BCUT2D eigenvalue weighted by Crippen LogP contribution is -3.00. The quantitative estimate of drug-likeness (QED) is 0.0970. The maximum absolute atomic E-state index is 9.73. The van der Waals surface area contributed by atoms with Crippen molar-refractivity contribution in [3.8, 4) is 0 Å². The highest BCUT2D eigenvalue weighted by atomic mass is 35.5. The zero-order valence-electron chi connectivity index (χ0n) is 29.0. The van der Waals surface area contributed by atoms with Crippen LogP contribution in [0.15, 0.2) is 0 Å². The molecule has 4 saturated carbocycles. The lowest BCUT2D eigenvalue weighted by Gasteiger charge is -2.16. The molecule has 0 aromatic carbocycles. The molecule has 46 heavy (non-hydrogen) atoms. The van der Waals surface area contributed by atoms with Crippen molar-refractivity contribution in [2.75, 3.05) is 51.2 Å². The predicted molar refractivity (Wildman–Crippen MR) is 196 cm³/mol. The first-order valence-electron chi connectivity index (χ1n) is 17.0. The fourth-order valence-corrected chi connectivity index (χ4v) is 10.8. The van der Waals surface area contributed by atoms with Crippen molar-refractivity contribution in [1.29, 1.82) is 0 Å². The third kappa shape index (κ3) is 16.8. The highest BCUT2D eigenvalue weighted by Gasteiger charge is 2.35. The normalized spacial score (nSPS) is 36.3. The third-order valence-electron chi connectivity index (χ3n) is 10.2. The van der Waals surface area contributed by atoms with Crippen molar-refractivity contribution < 1.29 is 56.7 Å². The van der Waals surface area contributed by atoms with Gasteiger partial charge in [0.1, 0.15) is 0 Å². The van der Waals surface area contributed by atoms with Gasteiger partial charge in [0.05, 0.1) is 37.5 Å². The fourth-order valence-electron chi connectivity index (χ4n) is 7.34. The minimum absolute atomic E-state index is 0. The Balaban J connectivity index is 0. The fraction of sp³-hybridized carbons (Fsp3) is 1.00. The molecule has 4 fully saturated rings. The van der Waals surface area contributed by atoms with Gasteiger partial charge in [0.2, 0.25) is 0 Å². The number of quaternary nitrogens is 2. The Morgan fingerprint density at radius 3 is 0.826 bits per heavy atom. The van der Waals surface area contributed by atoms with E-state index in [0.717, 1.165) is 64.5 Å². The van der Waals surface area contributed by atoms with Crippen LogP contribution in [0.1, 0.15) is 77.0 Å². The third-order valence-corrected chi connectivity index (χ3v) is 14.7. The van der Waals surface area contributed by atoms with Crippen LogP contribution in [0.2, 0.25) is 0 Å². The minimum Gasteiger partial charge on any atom is -1.00 e. The molecule has 8 nitrogen and oxygen atoms in total. The van der Waals surface area contributed by atoms with Crippen LogP contribution in [0, 0.1) is 23.7 Å². The minimum atomic E-state index is -0.103. The van der Waals surface area contributed by atoms with Crippen molar-refractivity contribution >= 4 is 47.0 Å². The van der Waals surface area contributed by atoms with Gasteiger partial charge in [0, 0.05) is 33.8 Å². The Kier molecular flexibility index (Phi) is 31.7. The molecule has 4 rings (SSSR count). The van der Waals surface area contributed by atoms with E-state index in [2.05, 4.69) is 36.5 Å². The van der Waals surface area contributed by atoms with Crippen molar-refractivity contribution in [1.82, 2.24) is 0 Å². The van der Waals surface area contributed by atoms with E-state index in [-0.39, 0.29) is 49.2 Å². The van der Waals surface area contributed by atoms with Gasteiger partial charge in [-0.3, -0.25) is 0 Å². The average molecular weight is 774 g/mol. The first-order chi connectivity index (χ1) is 21.2. The number of halogens is 2. The summed E-state index contributed by atoms with van der Waals surface area (Å²) in [6, 6.07) is 0. The van der Waals surface area contributed by atoms with Crippen molar-refractivity contribution in [3.63, 3.8) is 0 Å². The van der Waals surface area contributed by atoms with E-state index in [1.165, 1.54) is 25.7 Å². The maximum Gasteiger partial charge on any atom is 0.0743 e. The lowest BCUT2D eigenvalue weighted by molar-refractivity contribution is -0.371. The van der Waals surface area contributed by atoms with Gasteiger partial charge < -0.3 is 68.2 Å². The zero-order chi connectivity index (χ0) is 33.1. The summed E-state index contributed by atoms with van der Waals surface area (Å²) in [5, 5.41) is 40.8.